The Kier molecular flexibility index (Phi) is 52.3. The number of carbonyl (C=O) groups excluding carboxylic acids is 3. The van der Waals surface area contributed by atoms with Gasteiger partial charge < -0.3 is 14.2 Å². The maximum Gasteiger partial charge on any atom is 0.306 e. The first-order valence-electron chi connectivity index (χ1n) is 28.5. The molecule has 0 rings (SSSR count). The van der Waals surface area contributed by atoms with Crippen LogP contribution >= 0.6 is 0 Å². The predicted molar refractivity (Wildman–Crippen MR) is 279 cm³/mol. The average molecular weight is 914 g/mol. The first-order chi connectivity index (χ1) is 32.0. The van der Waals surface area contributed by atoms with Gasteiger partial charge in [0.05, 0.1) is 0 Å². The summed E-state index contributed by atoms with van der Waals surface area (Å²) in [4.78, 5) is 38.1. The Balaban J connectivity index is 4.37. The van der Waals surface area contributed by atoms with Gasteiger partial charge in [0.15, 0.2) is 6.10 Å². The molecule has 0 saturated heterocycles. The van der Waals surface area contributed by atoms with E-state index in [0.29, 0.717) is 19.3 Å². The van der Waals surface area contributed by atoms with Crippen LogP contribution in [0.15, 0.2) is 36.5 Å². The minimum absolute atomic E-state index is 0.0767. The molecule has 0 aromatic rings. The van der Waals surface area contributed by atoms with Gasteiger partial charge in [-0.1, -0.05) is 224 Å². The fourth-order valence-corrected chi connectivity index (χ4v) is 8.25. The van der Waals surface area contributed by atoms with Crippen molar-refractivity contribution in [2.45, 2.75) is 309 Å². The summed E-state index contributed by atoms with van der Waals surface area (Å²) < 4.78 is 16.9. The minimum Gasteiger partial charge on any atom is -0.462 e. The average Bonchev–Trinajstić information content (AvgIpc) is 3.30. The standard InChI is InChI=1S/C59H108O6/c1-4-7-10-13-16-19-22-25-28-29-32-35-38-41-44-47-50-53-59(62)65-56(54-63-57(60)51-48-45-42-39-36-33-30-26-23-20-17-14-11-8-5-2)55-64-58(61)52-49-46-43-40-37-34-31-27-24-21-18-15-12-9-6-3/h20,23,25,27-28,31,56H,4-19,21-22,24,26,29-30,32-55H2,1-3H3/b23-20-,28-25-,31-27-/t56-/m0/s1. The van der Waals surface area contributed by atoms with Gasteiger partial charge in [-0.05, 0) is 96.3 Å². The van der Waals surface area contributed by atoms with E-state index in [1.165, 1.54) is 199 Å². The number of hydrogen-bond acceptors (Lipinski definition) is 6. The van der Waals surface area contributed by atoms with E-state index in [2.05, 4.69) is 57.2 Å². The van der Waals surface area contributed by atoms with E-state index in [-0.39, 0.29) is 31.1 Å². The number of hydrogen-bond donors (Lipinski definition) is 0. The lowest BCUT2D eigenvalue weighted by Gasteiger charge is -2.18. The summed E-state index contributed by atoms with van der Waals surface area (Å²) in [7, 11) is 0. The number of carbonyl (C=O) groups is 3. The second-order valence-electron chi connectivity index (χ2n) is 19.2. The molecule has 0 fully saturated rings. The molecule has 0 aromatic heterocycles. The summed E-state index contributed by atoms with van der Waals surface area (Å²) in [5.74, 6) is -0.879. The monoisotopic (exact) mass is 913 g/mol. The Bertz CT molecular complexity index is 1090. The molecule has 0 amide bonds. The van der Waals surface area contributed by atoms with Gasteiger partial charge in [-0.2, -0.15) is 0 Å². The molecule has 0 radical (unpaired) electrons. The van der Waals surface area contributed by atoms with Crippen LogP contribution in [0, 0.1) is 0 Å². The zero-order valence-corrected chi connectivity index (χ0v) is 43.5. The fraction of sp³-hybridized carbons (Fsp3) is 0.847. The fourth-order valence-electron chi connectivity index (χ4n) is 8.25. The van der Waals surface area contributed by atoms with Crippen LogP contribution in [0.2, 0.25) is 0 Å². The molecule has 6 heteroatoms. The predicted octanol–water partition coefficient (Wildman–Crippen LogP) is 18.9. The largest absolute Gasteiger partial charge is 0.462 e. The van der Waals surface area contributed by atoms with Crippen LogP contribution in [-0.4, -0.2) is 37.2 Å². The van der Waals surface area contributed by atoms with Crippen LogP contribution in [-0.2, 0) is 28.6 Å². The Morgan fingerprint density at radius 2 is 0.508 bits per heavy atom. The molecule has 6 nitrogen and oxygen atoms in total. The maximum atomic E-state index is 12.8. The van der Waals surface area contributed by atoms with Crippen LogP contribution in [0.3, 0.4) is 0 Å². The topological polar surface area (TPSA) is 78.9 Å². The van der Waals surface area contributed by atoms with Crippen LogP contribution < -0.4 is 0 Å². The highest BCUT2D eigenvalue weighted by atomic mass is 16.6. The first-order valence-corrected chi connectivity index (χ1v) is 28.5. The van der Waals surface area contributed by atoms with E-state index in [4.69, 9.17) is 14.2 Å². The molecule has 0 spiro atoms. The van der Waals surface area contributed by atoms with E-state index in [9.17, 15) is 14.4 Å². The Morgan fingerprint density at radius 1 is 0.292 bits per heavy atom. The highest BCUT2D eigenvalue weighted by molar-refractivity contribution is 5.71. The van der Waals surface area contributed by atoms with Crippen LogP contribution in [0.1, 0.15) is 303 Å². The van der Waals surface area contributed by atoms with Crippen molar-refractivity contribution in [3.05, 3.63) is 36.5 Å². The van der Waals surface area contributed by atoms with E-state index >= 15 is 0 Å². The van der Waals surface area contributed by atoms with Crippen LogP contribution in [0.25, 0.3) is 0 Å². The van der Waals surface area contributed by atoms with Crippen molar-refractivity contribution in [1.82, 2.24) is 0 Å². The summed E-state index contributed by atoms with van der Waals surface area (Å²) in [6.45, 7) is 6.64. The zero-order chi connectivity index (χ0) is 47.2. The highest BCUT2D eigenvalue weighted by Gasteiger charge is 2.19. The van der Waals surface area contributed by atoms with Crippen molar-refractivity contribution in [1.29, 1.82) is 0 Å². The molecule has 0 aliphatic carbocycles. The number of rotatable bonds is 52. The molecule has 0 N–H and O–H groups in total. The summed E-state index contributed by atoms with van der Waals surface area (Å²) in [6, 6.07) is 0. The lowest BCUT2D eigenvalue weighted by molar-refractivity contribution is -0.167. The summed E-state index contributed by atoms with van der Waals surface area (Å²) in [6.07, 6.45) is 64.1. The zero-order valence-electron chi connectivity index (χ0n) is 43.5. The molecule has 65 heavy (non-hydrogen) atoms. The van der Waals surface area contributed by atoms with Crippen LogP contribution in [0.4, 0.5) is 0 Å². The Hall–Kier alpha value is -2.37. The summed E-state index contributed by atoms with van der Waals surface area (Å²) in [5.41, 5.74) is 0. The maximum absolute atomic E-state index is 12.8. The first kappa shape index (κ1) is 62.6. The number of ether oxygens (including phenoxy) is 3. The molecule has 0 aliphatic rings. The Labute approximate surface area is 404 Å². The molecule has 0 aromatic carbocycles. The van der Waals surface area contributed by atoms with Crippen molar-refractivity contribution < 1.29 is 28.6 Å². The minimum atomic E-state index is -0.778. The van der Waals surface area contributed by atoms with Gasteiger partial charge in [-0.25, -0.2) is 0 Å². The van der Waals surface area contributed by atoms with Crippen molar-refractivity contribution >= 4 is 17.9 Å². The van der Waals surface area contributed by atoms with Crippen molar-refractivity contribution in [2.24, 2.45) is 0 Å². The summed E-state index contributed by atoms with van der Waals surface area (Å²) >= 11 is 0. The Morgan fingerprint density at radius 3 is 0.785 bits per heavy atom. The van der Waals surface area contributed by atoms with Gasteiger partial charge in [0.2, 0.25) is 0 Å². The van der Waals surface area contributed by atoms with Crippen molar-refractivity contribution in [2.75, 3.05) is 13.2 Å². The number of esters is 3. The third-order valence-electron chi connectivity index (χ3n) is 12.6. The number of unbranched alkanes of at least 4 members (excludes halogenated alkanes) is 35. The van der Waals surface area contributed by atoms with Gasteiger partial charge >= 0.3 is 17.9 Å². The molecule has 0 bridgehead atoms. The van der Waals surface area contributed by atoms with Crippen molar-refractivity contribution in [3.8, 4) is 0 Å². The van der Waals surface area contributed by atoms with E-state index in [1.807, 2.05) is 0 Å². The second-order valence-corrected chi connectivity index (χ2v) is 19.2. The molecule has 1 atom stereocenters. The van der Waals surface area contributed by atoms with Gasteiger partial charge in [-0.15, -0.1) is 0 Å². The van der Waals surface area contributed by atoms with E-state index in [0.717, 1.165) is 64.2 Å². The smallest absolute Gasteiger partial charge is 0.306 e. The SMILES string of the molecule is CCCCCC/C=C\CCCCCCCCCC(=O)OC[C@@H](COC(=O)CCCCCCC/C=C\CCCCCCCC)OC(=O)CCCCCCCCC/C=C\CCCCCCCC. The third-order valence-corrected chi connectivity index (χ3v) is 12.6. The molecule has 0 aliphatic heterocycles. The van der Waals surface area contributed by atoms with E-state index < -0.39 is 6.10 Å². The van der Waals surface area contributed by atoms with Crippen LogP contribution in [0.5, 0.6) is 0 Å². The highest BCUT2D eigenvalue weighted by Crippen LogP contribution is 2.15. The molecular formula is C59H108O6. The van der Waals surface area contributed by atoms with Crippen molar-refractivity contribution in [3.63, 3.8) is 0 Å². The van der Waals surface area contributed by atoms with Gasteiger partial charge in [0, 0.05) is 19.3 Å². The molecule has 0 saturated carbocycles. The van der Waals surface area contributed by atoms with Gasteiger partial charge in [-0.3, -0.25) is 14.4 Å². The molecule has 0 unspecified atom stereocenters. The molecular weight excluding hydrogens is 805 g/mol. The lowest BCUT2D eigenvalue weighted by Crippen LogP contribution is -2.30. The molecule has 380 valence electrons. The second kappa shape index (κ2) is 54.2. The third kappa shape index (κ3) is 52.5. The number of allylic oxidation sites excluding steroid dienone is 6. The van der Waals surface area contributed by atoms with Gasteiger partial charge in [0.25, 0.3) is 0 Å². The van der Waals surface area contributed by atoms with E-state index in [1.54, 1.807) is 0 Å². The quantitative estimate of drug-likeness (QED) is 0.0262. The summed E-state index contributed by atoms with van der Waals surface area (Å²) in [5, 5.41) is 0. The molecule has 0 heterocycles. The lowest BCUT2D eigenvalue weighted by atomic mass is 10.1. The normalized spacial score (nSPS) is 12.2. The van der Waals surface area contributed by atoms with Gasteiger partial charge in [0.1, 0.15) is 13.2 Å².